The van der Waals surface area contributed by atoms with E-state index in [4.69, 9.17) is 0 Å². The number of rotatable bonds is 7. The van der Waals surface area contributed by atoms with Crippen molar-refractivity contribution in [2.45, 2.75) is 19.0 Å². The van der Waals surface area contributed by atoms with Crippen molar-refractivity contribution in [3.63, 3.8) is 0 Å². The number of anilines is 1. The fourth-order valence-corrected chi connectivity index (χ4v) is 4.48. The second-order valence-electron chi connectivity index (χ2n) is 6.97. The van der Waals surface area contributed by atoms with Crippen LogP contribution in [0.5, 0.6) is 0 Å². The number of amides is 1. The summed E-state index contributed by atoms with van der Waals surface area (Å²) < 4.78 is 39.2. The Hall–Kier alpha value is -3.19. The van der Waals surface area contributed by atoms with Gasteiger partial charge in [-0.3, -0.25) is 9.10 Å². The van der Waals surface area contributed by atoms with Crippen LogP contribution in [0.15, 0.2) is 84.9 Å². The van der Waals surface area contributed by atoms with E-state index in [0.29, 0.717) is 0 Å². The minimum atomic E-state index is -3.79. The van der Waals surface area contributed by atoms with E-state index in [1.807, 2.05) is 60.7 Å². The third-order valence-corrected chi connectivity index (χ3v) is 5.96. The predicted octanol–water partition coefficient (Wildman–Crippen LogP) is 3.89. The van der Waals surface area contributed by atoms with Crippen LogP contribution in [0.4, 0.5) is 10.1 Å². The van der Waals surface area contributed by atoms with Crippen LogP contribution in [0.25, 0.3) is 0 Å². The lowest BCUT2D eigenvalue weighted by atomic mass is 9.98. The van der Waals surface area contributed by atoms with Gasteiger partial charge in [0.1, 0.15) is 11.9 Å². The van der Waals surface area contributed by atoms with Gasteiger partial charge in [-0.15, -0.1) is 0 Å². The largest absolute Gasteiger partial charge is 0.343 e. The summed E-state index contributed by atoms with van der Waals surface area (Å²) in [7, 11) is -3.79. The highest BCUT2D eigenvalue weighted by molar-refractivity contribution is 7.92. The molecule has 1 N–H and O–H groups in total. The van der Waals surface area contributed by atoms with Gasteiger partial charge < -0.3 is 5.32 Å². The van der Waals surface area contributed by atoms with Crippen molar-refractivity contribution in [1.82, 2.24) is 5.32 Å². The molecule has 1 atom stereocenters. The SMILES string of the molecule is C[C@@H](C(=O)NC(c1ccccc1)c1ccccc1)N(c1ccc(F)cc1)S(C)(=O)=O. The lowest BCUT2D eigenvalue weighted by molar-refractivity contribution is -0.122. The Morgan fingerprint density at radius 2 is 1.33 bits per heavy atom. The molecule has 0 aliphatic heterocycles. The zero-order valence-electron chi connectivity index (χ0n) is 16.7. The number of carbonyl (C=O) groups excluding carboxylic acids is 1. The number of sulfonamides is 1. The molecule has 156 valence electrons. The van der Waals surface area contributed by atoms with Gasteiger partial charge in [0.25, 0.3) is 0 Å². The van der Waals surface area contributed by atoms with Gasteiger partial charge in [-0.25, -0.2) is 12.8 Å². The highest BCUT2D eigenvalue weighted by Crippen LogP contribution is 2.24. The number of benzene rings is 3. The quantitative estimate of drug-likeness (QED) is 0.623. The van der Waals surface area contributed by atoms with E-state index in [1.54, 1.807) is 0 Å². The van der Waals surface area contributed by atoms with Gasteiger partial charge in [-0.1, -0.05) is 60.7 Å². The second-order valence-corrected chi connectivity index (χ2v) is 8.83. The molecule has 3 rings (SSSR count). The van der Waals surface area contributed by atoms with Gasteiger partial charge in [-0.2, -0.15) is 0 Å². The number of hydrogen-bond acceptors (Lipinski definition) is 3. The number of nitrogens with zero attached hydrogens (tertiary/aromatic N) is 1. The Labute approximate surface area is 176 Å². The minimum Gasteiger partial charge on any atom is -0.343 e. The summed E-state index contributed by atoms with van der Waals surface area (Å²) >= 11 is 0. The molecule has 0 aromatic heterocycles. The summed E-state index contributed by atoms with van der Waals surface area (Å²) in [4.78, 5) is 13.1. The highest BCUT2D eigenvalue weighted by Gasteiger charge is 2.30. The van der Waals surface area contributed by atoms with Gasteiger partial charge in [0.05, 0.1) is 18.0 Å². The number of carbonyl (C=O) groups is 1. The first-order valence-corrected chi connectivity index (χ1v) is 11.3. The van der Waals surface area contributed by atoms with Crippen molar-refractivity contribution in [3.05, 3.63) is 102 Å². The molecule has 3 aromatic rings. The molecule has 3 aromatic carbocycles. The van der Waals surface area contributed by atoms with Crippen LogP contribution in [0.2, 0.25) is 0 Å². The van der Waals surface area contributed by atoms with Crippen LogP contribution in [0.1, 0.15) is 24.1 Å². The second kappa shape index (κ2) is 9.09. The summed E-state index contributed by atoms with van der Waals surface area (Å²) in [6.45, 7) is 1.51. The third-order valence-electron chi connectivity index (χ3n) is 4.72. The third kappa shape index (κ3) is 5.04. The number of halogens is 1. The van der Waals surface area contributed by atoms with Crippen LogP contribution >= 0.6 is 0 Å². The Balaban J connectivity index is 1.93. The fourth-order valence-electron chi connectivity index (χ4n) is 3.31. The van der Waals surface area contributed by atoms with Crippen molar-refractivity contribution >= 4 is 21.6 Å². The number of nitrogens with one attached hydrogen (secondary N) is 1. The molecule has 0 aliphatic rings. The molecular weight excluding hydrogens is 403 g/mol. The monoisotopic (exact) mass is 426 g/mol. The molecule has 1 amide bonds. The molecule has 0 saturated carbocycles. The van der Waals surface area contributed by atoms with Gasteiger partial charge in [0.2, 0.25) is 15.9 Å². The van der Waals surface area contributed by atoms with Crippen molar-refractivity contribution in [3.8, 4) is 0 Å². The topological polar surface area (TPSA) is 66.5 Å². The summed E-state index contributed by atoms with van der Waals surface area (Å²) in [5, 5.41) is 2.96. The van der Waals surface area contributed by atoms with Crippen LogP contribution < -0.4 is 9.62 Å². The zero-order chi connectivity index (χ0) is 21.7. The number of hydrogen-bond donors (Lipinski definition) is 1. The standard InChI is InChI=1S/C23H23FN2O3S/c1-17(26(30(2,28)29)21-15-13-20(24)14-16-21)23(27)25-22(18-9-5-3-6-10-18)19-11-7-4-8-12-19/h3-17,22H,1-2H3,(H,25,27)/t17-/m0/s1. The molecule has 0 aliphatic carbocycles. The molecule has 0 saturated heterocycles. The maximum atomic E-state index is 13.3. The summed E-state index contributed by atoms with van der Waals surface area (Å²) in [5.74, 6) is -0.958. The van der Waals surface area contributed by atoms with Gasteiger partial charge in [0, 0.05) is 0 Å². The zero-order valence-corrected chi connectivity index (χ0v) is 17.5. The van der Waals surface area contributed by atoms with Crippen molar-refractivity contribution in [2.75, 3.05) is 10.6 Å². The smallest absolute Gasteiger partial charge is 0.244 e. The van der Waals surface area contributed by atoms with Crippen LogP contribution in [-0.2, 0) is 14.8 Å². The van der Waals surface area contributed by atoms with E-state index in [0.717, 1.165) is 33.8 Å². The maximum absolute atomic E-state index is 13.3. The lowest BCUT2D eigenvalue weighted by Gasteiger charge is -2.30. The Kier molecular flexibility index (Phi) is 6.52. The van der Waals surface area contributed by atoms with E-state index >= 15 is 0 Å². The Morgan fingerprint density at radius 1 is 0.867 bits per heavy atom. The molecule has 7 heteroatoms. The molecule has 0 spiro atoms. The van der Waals surface area contributed by atoms with E-state index in [9.17, 15) is 17.6 Å². The van der Waals surface area contributed by atoms with E-state index in [-0.39, 0.29) is 5.69 Å². The van der Waals surface area contributed by atoms with Crippen LogP contribution in [-0.4, -0.2) is 26.6 Å². The van der Waals surface area contributed by atoms with Gasteiger partial charge >= 0.3 is 0 Å². The summed E-state index contributed by atoms with van der Waals surface area (Å²) in [5.41, 5.74) is 1.96. The first-order chi connectivity index (χ1) is 14.3. The summed E-state index contributed by atoms with van der Waals surface area (Å²) in [6, 6.07) is 22.4. The highest BCUT2D eigenvalue weighted by atomic mass is 32.2. The van der Waals surface area contributed by atoms with Crippen LogP contribution in [0, 0.1) is 5.82 Å². The van der Waals surface area contributed by atoms with Crippen molar-refractivity contribution < 1.29 is 17.6 Å². The van der Waals surface area contributed by atoms with E-state index in [1.165, 1.54) is 19.1 Å². The Morgan fingerprint density at radius 3 is 1.77 bits per heavy atom. The molecular formula is C23H23FN2O3S. The average molecular weight is 427 g/mol. The molecule has 0 bridgehead atoms. The summed E-state index contributed by atoms with van der Waals surface area (Å²) in [6.07, 6.45) is 1.02. The van der Waals surface area contributed by atoms with Crippen molar-refractivity contribution in [1.29, 1.82) is 0 Å². The normalized spacial score (nSPS) is 12.4. The van der Waals surface area contributed by atoms with Crippen molar-refractivity contribution in [2.24, 2.45) is 0 Å². The predicted molar refractivity (Wildman–Crippen MR) is 116 cm³/mol. The first kappa shape index (κ1) is 21.5. The van der Waals surface area contributed by atoms with Gasteiger partial charge in [0.15, 0.2) is 0 Å². The molecule has 30 heavy (non-hydrogen) atoms. The fraction of sp³-hybridized carbons (Fsp3) is 0.174. The molecule has 0 fully saturated rings. The van der Waals surface area contributed by atoms with E-state index < -0.39 is 33.8 Å². The first-order valence-electron chi connectivity index (χ1n) is 9.42. The van der Waals surface area contributed by atoms with E-state index in [2.05, 4.69) is 5.32 Å². The Bertz CT molecular complexity index is 1050. The minimum absolute atomic E-state index is 0.220. The molecule has 0 heterocycles. The maximum Gasteiger partial charge on any atom is 0.244 e. The molecule has 0 unspecified atom stereocenters. The van der Waals surface area contributed by atoms with Gasteiger partial charge in [-0.05, 0) is 42.3 Å². The average Bonchev–Trinajstić information content (AvgIpc) is 2.73. The molecule has 5 nitrogen and oxygen atoms in total. The van der Waals surface area contributed by atoms with Crippen LogP contribution in [0.3, 0.4) is 0 Å². The lowest BCUT2D eigenvalue weighted by Crippen LogP contribution is -2.48. The molecule has 0 radical (unpaired) electrons.